The van der Waals surface area contributed by atoms with Gasteiger partial charge in [0.05, 0.1) is 0 Å². The van der Waals surface area contributed by atoms with Crippen LogP contribution in [-0.2, 0) is 6.42 Å². The highest BCUT2D eigenvalue weighted by molar-refractivity contribution is 7.19. The summed E-state index contributed by atoms with van der Waals surface area (Å²) < 4.78 is 14.3. The minimum atomic E-state index is -0.221. The summed E-state index contributed by atoms with van der Waals surface area (Å²) in [5.74, 6) is -0.221. The molecule has 2 N–H and O–H groups in total. The van der Waals surface area contributed by atoms with Gasteiger partial charge in [-0.3, -0.25) is 0 Å². The number of thiophene rings is 1. The van der Waals surface area contributed by atoms with Crippen molar-refractivity contribution in [3.63, 3.8) is 0 Å². The topological polar surface area (TPSA) is 26.0 Å². The normalized spacial score (nSPS) is 12.8. The molecule has 0 aliphatic carbocycles. The lowest BCUT2D eigenvalue weighted by Gasteiger charge is -2.10. The zero-order valence-corrected chi connectivity index (χ0v) is 12.2. The van der Waals surface area contributed by atoms with Gasteiger partial charge < -0.3 is 5.73 Å². The van der Waals surface area contributed by atoms with Crippen LogP contribution in [0, 0.1) is 5.82 Å². The fourth-order valence-electron chi connectivity index (χ4n) is 2.22. The highest BCUT2D eigenvalue weighted by atomic mass is 35.5. The van der Waals surface area contributed by atoms with E-state index < -0.39 is 0 Å². The van der Waals surface area contributed by atoms with Gasteiger partial charge in [-0.25, -0.2) is 4.39 Å². The van der Waals surface area contributed by atoms with E-state index in [9.17, 15) is 4.39 Å². The Bertz CT molecular complexity index is 753. The summed E-state index contributed by atoms with van der Waals surface area (Å²) in [6, 6.07) is 14.3. The van der Waals surface area contributed by atoms with E-state index in [1.807, 2.05) is 30.3 Å². The maximum atomic E-state index is 13.2. The molecular formula is C16H13ClFNS. The lowest BCUT2D eigenvalue weighted by molar-refractivity contribution is 0.630. The Hall–Kier alpha value is -1.42. The minimum Gasteiger partial charge on any atom is -0.323 e. The SMILES string of the molecule is NC(Cc1ccccc1Cl)c1cc2cc(F)ccc2s1. The molecule has 4 heteroatoms. The molecule has 1 unspecified atom stereocenters. The second-order valence-corrected chi connectivity index (χ2v) is 6.26. The van der Waals surface area contributed by atoms with E-state index in [0.29, 0.717) is 6.42 Å². The number of hydrogen-bond acceptors (Lipinski definition) is 2. The van der Waals surface area contributed by atoms with Crippen LogP contribution >= 0.6 is 22.9 Å². The molecule has 0 amide bonds. The first-order valence-corrected chi connectivity index (χ1v) is 7.51. The molecule has 102 valence electrons. The number of hydrogen-bond donors (Lipinski definition) is 1. The van der Waals surface area contributed by atoms with Crippen LogP contribution in [-0.4, -0.2) is 0 Å². The Balaban J connectivity index is 1.89. The summed E-state index contributed by atoms with van der Waals surface area (Å²) in [5, 5.41) is 1.63. The average Bonchev–Trinajstić information content (AvgIpc) is 2.84. The molecule has 1 atom stereocenters. The van der Waals surface area contributed by atoms with Crippen molar-refractivity contribution in [3.8, 4) is 0 Å². The van der Waals surface area contributed by atoms with E-state index in [4.69, 9.17) is 17.3 Å². The molecule has 1 heterocycles. The van der Waals surface area contributed by atoms with Crippen molar-refractivity contribution in [2.24, 2.45) is 5.73 Å². The van der Waals surface area contributed by atoms with E-state index in [0.717, 1.165) is 25.5 Å². The van der Waals surface area contributed by atoms with Crippen molar-refractivity contribution in [1.29, 1.82) is 0 Å². The molecule has 0 bridgehead atoms. The molecule has 0 spiro atoms. The van der Waals surface area contributed by atoms with Gasteiger partial charge in [-0.05, 0) is 47.7 Å². The van der Waals surface area contributed by atoms with Crippen molar-refractivity contribution in [2.75, 3.05) is 0 Å². The molecule has 0 aliphatic rings. The van der Waals surface area contributed by atoms with Gasteiger partial charge in [0.25, 0.3) is 0 Å². The van der Waals surface area contributed by atoms with Crippen molar-refractivity contribution >= 4 is 33.0 Å². The predicted octanol–water partition coefficient (Wildman–Crippen LogP) is 4.94. The maximum Gasteiger partial charge on any atom is 0.123 e. The third-order valence-corrected chi connectivity index (χ3v) is 4.88. The average molecular weight is 306 g/mol. The van der Waals surface area contributed by atoms with Crippen LogP contribution in [0.1, 0.15) is 16.5 Å². The first-order chi connectivity index (χ1) is 9.63. The molecule has 20 heavy (non-hydrogen) atoms. The summed E-state index contributed by atoms with van der Waals surface area (Å²) in [6.07, 6.45) is 0.676. The Morgan fingerprint density at radius 3 is 2.75 bits per heavy atom. The minimum absolute atomic E-state index is 0.129. The van der Waals surface area contributed by atoms with Crippen LogP contribution in [0.2, 0.25) is 5.02 Å². The van der Waals surface area contributed by atoms with Gasteiger partial charge >= 0.3 is 0 Å². The van der Waals surface area contributed by atoms with Gasteiger partial charge in [0.2, 0.25) is 0 Å². The fourth-order valence-corrected chi connectivity index (χ4v) is 3.48. The smallest absolute Gasteiger partial charge is 0.123 e. The number of benzene rings is 2. The van der Waals surface area contributed by atoms with Crippen molar-refractivity contribution < 1.29 is 4.39 Å². The Labute approximate surface area is 125 Å². The van der Waals surface area contributed by atoms with Gasteiger partial charge in [0.15, 0.2) is 0 Å². The van der Waals surface area contributed by atoms with Gasteiger partial charge in [-0.15, -0.1) is 11.3 Å². The van der Waals surface area contributed by atoms with E-state index in [1.54, 1.807) is 17.4 Å². The largest absolute Gasteiger partial charge is 0.323 e. The molecule has 0 aliphatic heterocycles. The van der Waals surface area contributed by atoms with Gasteiger partial charge in [0, 0.05) is 20.6 Å². The van der Waals surface area contributed by atoms with Crippen LogP contribution in [0.4, 0.5) is 4.39 Å². The number of nitrogens with two attached hydrogens (primary N) is 1. The highest BCUT2D eigenvalue weighted by Gasteiger charge is 2.12. The van der Waals surface area contributed by atoms with Gasteiger partial charge in [-0.1, -0.05) is 29.8 Å². The molecule has 1 nitrogen and oxygen atoms in total. The molecule has 3 rings (SSSR count). The van der Waals surface area contributed by atoms with Crippen LogP contribution in [0.25, 0.3) is 10.1 Å². The molecule has 0 saturated heterocycles. The molecule has 1 aromatic heterocycles. The molecule has 3 aromatic rings. The molecule has 0 saturated carbocycles. The van der Waals surface area contributed by atoms with Gasteiger partial charge in [-0.2, -0.15) is 0 Å². The summed E-state index contributed by atoms with van der Waals surface area (Å²) in [5.41, 5.74) is 7.29. The van der Waals surface area contributed by atoms with E-state index >= 15 is 0 Å². The van der Waals surface area contributed by atoms with Crippen LogP contribution in [0.3, 0.4) is 0 Å². The van der Waals surface area contributed by atoms with E-state index in [1.165, 1.54) is 12.1 Å². The molecule has 2 aromatic carbocycles. The Morgan fingerprint density at radius 1 is 1.15 bits per heavy atom. The van der Waals surface area contributed by atoms with Crippen LogP contribution in [0.15, 0.2) is 48.5 Å². The lowest BCUT2D eigenvalue weighted by atomic mass is 10.0. The monoisotopic (exact) mass is 305 g/mol. The zero-order chi connectivity index (χ0) is 14.1. The van der Waals surface area contributed by atoms with Crippen molar-refractivity contribution in [3.05, 3.63) is 69.8 Å². The Morgan fingerprint density at radius 2 is 1.95 bits per heavy atom. The zero-order valence-electron chi connectivity index (χ0n) is 10.6. The molecule has 0 radical (unpaired) electrons. The summed E-state index contributed by atoms with van der Waals surface area (Å²) in [6.45, 7) is 0. The standard InChI is InChI=1S/C16H13ClFNS/c17-13-4-2-1-3-10(13)8-14(19)16-9-11-7-12(18)5-6-15(11)20-16/h1-7,9,14H,8,19H2. The maximum absolute atomic E-state index is 13.2. The Kier molecular flexibility index (Phi) is 3.74. The predicted molar refractivity (Wildman–Crippen MR) is 83.9 cm³/mol. The summed E-state index contributed by atoms with van der Waals surface area (Å²) >= 11 is 7.76. The molecule has 0 fully saturated rings. The third-order valence-electron chi connectivity index (χ3n) is 3.26. The van der Waals surface area contributed by atoms with Crippen LogP contribution < -0.4 is 5.73 Å². The quantitative estimate of drug-likeness (QED) is 0.729. The number of rotatable bonds is 3. The van der Waals surface area contributed by atoms with Crippen molar-refractivity contribution in [1.82, 2.24) is 0 Å². The van der Waals surface area contributed by atoms with Crippen LogP contribution in [0.5, 0.6) is 0 Å². The summed E-state index contributed by atoms with van der Waals surface area (Å²) in [4.78, 5) is 1.05. The first-order valence-electron chi connectivity index (χ1n) is 6.31. The fraction of sp³-hybridized carbons (Fsp3) is 0.125. The van der Waals surface area contributed by atoms with E-state index in [2.05, 4.69) is 0 Å². The summed E-state index contributed by atoms with van der Waals surface area (Å²) in [7, 11) is 0. The lowest BCUT2D eigenvalue weighted by Crippen LogP contribution is -2.11. The van der Waals surface area contributed by atoms with Crippen molar-refractivity contribution in [2.45, 2.75) is 12.5 Å². The van der Waals surface area contributed by atoms with Gasteiger partial charge in [0.1, 0.15) is 5.82 Å². The highest BCUT2D eigenvalue weighted by Crippen LogP contribution is 2.31. The first kappa shape index (κ1) is 13.6. The third kappa shape index (κ3) is 2.70. The second-order valence-electron chi connectivity index (χ2n) is 4.73. The molecular weight excluding hydrogens is 293 g/mol. The number of halogens is 2. The van der Waals surface area contributed by atoms with E-state index in [-0.39, 0.29) is 11.9 Å². The second kappa shape index (κ2) is 5.52. The number of fused-ring (bicyclic) bond motifs is 1.